The van der Waals surface area contributed by atoms with Crippen molar-refractivity contribution >= 4 is 49.9 Å². The lowest BCUT2D eigenvalue weighted by Crippen LogP contribution is -2.30. The Balaban J connectivity index is 1.79. The number of fused-ring (bicyclic) bond motifs is 1. The third kappa shape index (κ3) is 6.50. The van der Waals surface area contributed by atoms with Crippen LogP contribution in [-0.4, -0.2) is 30.8 Å². The van der Waals surface area contributed by atoms with Gasteiger partial charge in [-0.05, 0) is 54.2 Å². The van der Waals surface area contributed by atoms with E-state index >= 15 is 0 Å². The maximum absolute atomic E-state index is 13.1. The smallest absolute Gasteiger partial charge is 0.370 e. The minimum atomic E-state index is -5.65. The van der Waals surface area contributed by atoms with Gasteiger partial charge in [-0.3, -0.25) is 19.9 Å². The van der Waals surface area contributed by atoms with Crippen LogP contribution in [0.25, 0.3) is 10.9 Å². The fourth-order valence-electron chi connectivity index (χ4n) is 4.68. The summed E-state index contributed by atoms with van der Waals surface area (Å²) in [5, 5.41) is 13.6. The van der Waals surface area contributed by atoms with Crippen LogP contribution in [-0.2, 0) is 16.6 Å². The molecular weight excluding hydrogens is 535 g/mol. The Bertz CT molecular complexity index is 1520. The van der Waals surface area contributed by atoms with E-state index < -0.39 is 21.4 Å². The number of pyridine rings is 1. The van der Waals surface area contributed by atoms with E-state index in [2.05, 4.69) is 15.6 Å². The first-order valence-corrected chi connectivity index (χ1v) is 13.6. The highest BCUT2D eigenvalue weighted by atomic mass is 32.2. The maximum Gasteiger partial charge on any atom is 0.516 e. The van der Waals surface area contributed by atoms with Gasteiger partial charge in [0, 0.05) is 23.8 Å². The van der Waals surface area contributed by atoms with Crippen LogP contribution in [0.15, 0.2) is 42.6 Å². The molecule has 0 unspecified atom stereocenters. The van der Waals surface area contributed by atoms with E-state index in [1.54, 1.807) is 29.0 Å². The number of aromatic nitrogens is 1. The van der Waals surface area contributed by atoms with Crippen LogP contribution in [0.2, 0.25) is 0 Å². The highest BCUT2D eigenvalue weighted by Gasteiger charge is 2.46. The van der Waals surface area contributed by atoms with Gasteiger partial charge in [0.15, 0.2) is 5.96 Å². The number of nitrogens with zero attached hydrogens (tertiary/aromatic N) is 1. The molecule has 1 amide bonds. The van der Waals surface area contributed by atoms with E-state index in [1.807, 2.05) is 0 Å². The van der Waals surface area contributed by atoms with Crippen LogP contribution in [0.5, 0.6) is 0 Å². The second kappa shape index (κ2) is 11.0. The van der Waals surface area contributed by atoms with Crippen molar-refractivity contribution in [2.24, 2.45) is 11.5 Å². The Morgan fingerprint density at radius 3 is 2.38 bits per heavy atom. The van der Waals surface area contributed by atoms with Gasteiger partial charge in [-0.15, -0.1) is 0 Å². The third-order valence-electron chi connectivity index (χ3n) is 6.54. The molecule has 1 heterocycles. The van der Waals surface area contributed by atoms with E-state index in [1.165, 1.54) is 18.3 Å². The zero-order valence-electron chi connectivity index (χ0n) is 20.7. The predicted octanol–water partition coefficient (Wildman–Crippen LogP) is 4.37. The molecule has 0 saturated heterocycles. The number of carbonyl (C=O) groups excluding carboxylic acids is 1. The van der Waals surface area contributed by atoms with Crippen molar-refractivity contribution in [1.82, 2.24) is 10.3 Å². The Morgan fingerprint density at radius 1 is 1.05 bits per heavy atom. The quantitative estimate of drug-likeness (QED) is 0.174. The molecule has 208 valence electrons. The van der Waals surface area contributed by atoms with E-state index in [9.17, 15) is 26.4 Å². The maximum atomic E-state index is 13.1. The summed E-state index contributed by atoms with van der Waals surface area (Å²) in [6.45, 7) is 0.263. The molecule has 0 bridgehead atoms. The van der Waals surface area contributed by atoms with Crippen molar-refractivity contribution in [2.75, 3.05) is 10.0 Å². The number of hydrogen-bond acceptors (Lipinski definition) is 6. The summed E-state index contributed by atoms with van der Waals surface area (Å²) >= 11 is 0. The highest BCUT2D eigenvalue weighted by molar-refractivity contribution is 7.93. The topological polar surface area (TPSA) is 176 Å². The summed E-state index contributed by atoms with van der Waals surface area (Å²) in [6.07, 6.45) is 5.87. The van der Waals surface area contributed by atoms with E-state index in [4.69, 9.17) is 16.9 Å². The number of benzene rings is 2. The molecule has 1 aliphatic carbocycles. The average Bonchev–Trinajstić information content (AvgIpc) is 2.86. The van der Waals surface area contributed by atoms with Crippen molar-refractivity contribution in [1.29, 1.82) is 5.41 Å². The number of halogens is 3. The van der Waals surface area contributed by atoms with Crippen molar-refractivity contribution in [3.8, 4) is 0 Å². The molecule has 2 aromatic carbocycles. The van der Waals surface area contributed by atoms with Gasteiger partial charge in [0.25, 0.3) is 5.91 Å². The van der Waals surface area contributed by atoms with E-state index in [0.29, 0.717) is 16.5 Å². The number of guanidine groups is 1. The molecule has 0 aliphatic heterocycles. The van der Waals surface area contributed by atoms with Crippen LogP contribution in [0.4, 0.5) is 30.2 Å². The van der Waals surface area contributed by atoms with Gasteiger partial charge < -0.3 is 22.1 Å². The van der Waals surface area contributed by atoms with Crippen LogP contribution in [0.3, 0.4) is 0 Å². The van der Waals surface area contributed by atoms with Gasteiger partial charge >= 0.3 is 15.5 Å². The fraction of sp³-hybridized carbons (Fsp3) is 0.320. The Labute approximate surface area is 222 Å². The molecule has 1 fully saturated rings. The number of amides is 1. The molecule has 4 rings (SSSR count). The van der Waals surface area contributed by atoms with Crippen molar-refractivity contribution in [2.45, 2.75) is 50.1 Å². The Morgan fingerprint density at radius 2 is 1.74 bits per heavy atom. The van der Waals surface area contributed by atoms with Crippen molar-refractivity contribution in [3.63, 3.8) is 0 Å². The molecule has 39 heavy (non-hydrogen) atoms. The molecule has 14 heteroatoms. The van der Waals surface area contributed by atoms with Crippen molar-refractivity contribution < 1.29 is 26.4 Å². The minimum Gasteiger partial charge on any atom is -0.370 e. The number of primary amides is 1. The first-order chi connectivity index (χ1) is 18.3. The molecule has 3 aromatic rings. The summed E-state index contributed by atoms with van der Waals surface area (Å²) in [5.41, 5.74) is 7.69. The lowest BCUT2D eigenvalue weighted by atomic mass is 9.84. The largest absolute Gasteiger partial charge is 0.516 e. The normalized spacial score (nSPS) is 14.6. The van der Waals surface area contributed by atoms with Gasteiger partial charge in [0.2, 0.25) is 0 Å². The molecule has 1 aliphatic rings. The highest BCUT2D eigenvalue weighted by Crippen LogP contribution is 2.38. The first kappa shape index (κ1) is 28.0. The summed E-state index contributed by atoms with van der Waals surface area (Å²) in [5.74, 6) is -0.948. The van der Waals surface area contributed by atoms with Gasteiger partial charge in [-0.25, -0.2) is 0 Å². The molecule has 10 nitrogen and oxygen atoms in total. The SMILES string of the molecule is N=C(N)NCc1ccc2c(Nc3cc(NS(=O)(=O)C(F)(F)F)cc(C4CCCCC4)c3)c(C(N)=O)cnc2c1. The number of nitrogens with one attached hydrogen (secondary N) is 4. The second-order valence-electron chi connectivity index (χ2n) is 9.38. The summed E-state index contributed by atoms with van der Waals surface area (Å²) in [4.78, 5) is 16.6. The van der Waals surface area contributed by atoms with E-state index in [-0.39, 0.29) is 41.0 Å². The molecule has 8 N–H and O–H groups in total. The standard InChI is InChI=1S/C25H28F3N7O3S/c26-25(27,28)39(37,38)35-18-10-16(15-4-2-1-3-5-15)9-17(11-18)34-22-19-7-6-14(12-33-24(30)31)8-21(19)32-13-20(22)23(29)36/h6-11,13,15,35H,1-5,12H2,(H2,29,36)(H,32,34)(H4,30,31,33). The van der Waals surface area contributed by atoms with Crippen LogP contribution in [0.1, 0.15) is 59.5 Å². The number of alkyl halides is 3. The van der Waals surface area contributed by atoms with Crippen LogP contribution in [0, 0.1) is 5.41 Å². The Hall–Kier alpha value is -4.07. The van der Waals surface area contributed by atoms with Gasteiger partial charge in [0.05, 0.1) is 22.5 Å². The molecule has 1 aromatic heterocycles. The van der Waals surface area contributed by atoms with Crippen LogP contribution < -0.4 is 26.8 Å². The summed E-state index contributed by atoms with van der Waals surface area (Å²) in [6, 6.07) is 9.53. The zero-order chi connectivity index (χ0) is 28.4. The molecule has 0 radical (unpaired) electrons. The molecule has 0 atom stereocenters. The fourth-order valence-corrected chi connectivity index (χ4v) is 5.22. The predicted molar refractivity (Wildman–Crippen MR) is 143 cm³/mol. The summed E-state index contributed by atoms with van der Waals surface area (Å²) < 4.78 is 64.7. The second-order valence-corrected chi connectivity index (χ2v) is 11.1. The number of rotatable bonds is 8. The van der Waals surface area contributed by atoms with Gasteiger partial charge in [0.1, 0.15) is 0 Å². The number of nitrogens with two attached hydrogens (primary N) is 2. The number of anilines is 3. The zero-order valence-corrected chi connectivity index (χ0v) is 21.5. The molecule has 0 spiro atoms. The lowest BCUT2D eigenvalue weighted by Gasteiger charge is -2.24. The number of hydrogen-bond donors (Lipinski definition) is 6. The summed E-state index contributed by atoms with van der Waals surface area (Å²) in [7, 11) is -5.65. The molecule has 1 saturated carbocycles. The number of sulfonamides is 1. The average molecular weight is 564 g/mol. The van der Waals surface area contributed by atoms with Gasteiger partial charge in [-0.1, -0.05) is 31.4 Å². The monoisotopic (exact) mass is 563 g/mol. The number of carbonyl (C=O) groups is 1. The van der Waals surface area contributed by atoms with E-state index in [0.717, 1.165) is 37.7 Å². The van der Waals surface area contributed by atoms with Crippen LogP contribution >= 0.6 is 0 Å². The van der Waals surface area contributed by atoms with Crippen molar-refractivity contribution in [3.05, 3.63) is 59.3 Å². The Kier molecular flexibility index (Phi) is 7.86. The molecular formula is C25H28F3N7O3S. The lowest BCUT2D eigenvalue weighted by molar-refractivity contribution is -0.0429. The minimum absolute atomic E-state index is 0.0378. The first-order valence-electron chi connectivity index (χ1n) is 12.1. The van der Waals surface area contributed by atoms with Gasteiger partial charge in [-0.2, -0.15) is 21.6 Å². The third-order valence-corrected chi connectivity index (χ3v) is 7.65.